The lowest BCUT2D eigenvalue weighted by Crippen LogP contribution is -2.10. The van der Waals surface area contributed by atoms with Gasteiger partial charge in [-0.3, -0.25) is 0 Å². The average molecular weight is 273 g/mol. The summed E-state index contributed by atoms with van der Waals surface area (Å²) < 4.78 is 54.3. The van der Waals surface area contributed by atoms with Crippen molar-refractivity contribution in [2.45, 2.75) is 6.18 Å². The first kappa shape index (κ1) is 11.3. The van der Waals surface area contributed by atoms with E-state index in [1.165, 1.54) is 0 Å². The van der Waals surface area contributed by atoms with Crippen molar-refractivity contribution >= 4 is 15.9 Å². The maximum Gasteiger partial charge on any atom is 0.422 e. The molecule has 0 atom stereocenters. The Labute approximate surface area is 85.8 Å². The van der Waals surface area contributed by atoms with Gasteiger partial charge in [-0.05, 0) is 28.1 Å². The van der Waals surface area contributed by atoms with Crippen molar-refractivity contribution in [3.8, 4) is 5.75 Å². The van der Waals surface area contributed by atoms with E-state index in [9.17, 15) is 17.6 Å². The lowest BCUT2D eigenvalue weighted by atomic mass is 10.2. The van der Waals surface area contributed by atoms with Gasteiger partial charge >= 0.3 is 6.18 Å². The van der Waals surface area contributed by atoms with Gasteiger partial charge in [0.1, 0.15) is 11.3 Å². The molecule has 0 N–H and O–H groups in total. The second-order valence-corrected chi connectivity index (χ2v) is 3.29. The Morgan fingerprint density at radius 1 is 1.29 bits per heavy atom. The van der Waals surface area contributed by atoms with Crippen LogP contribution in [0.15, 0.2) is 16.6 Å². The molecule has 0 amide bonds. The van der Waals surface area contributed by atoms with E-state index in [1.54, 1.807) is 0 Å². The molecule has 0 aliphatic heterocycles. The van der Waals surface area contributed by atoms with Crippen LogP contribution in [0.4, 0.5) is 17.6 Å². The van der Waals surface area contributed by atoms with Gasteiger partial charge in [-0.15, -0.1) is 0 Å². The topological polar surface area (TPSA) is 9.23 Å². The number of rotatable bonds is 1. The summed E-state index contributed by atoms with van der Waals surface area (Å²) in [6.07, 6.45) is -4.76. The lowest BCUT2D eigenvalue weighted by molar-refractivity contribution is -0.141. The molecular weight excluding hydrogens is 268 g/mol. The van der Waals surface area contributed by atoms with E-state index in [1.807, 2.05) is 0 Å². The maximum absolute atomic E-state index is 13.1. The van der Waals surface area contributed by atoms with E-state index >= 15 is 0 Å². The Morgan fingerprint density at radius 3 is 2.29 bits per heavy atom. The SMILES string of the molecule is COc1ccc(Br)c(F)c1C(F)(F)F. The highest BCUT2D eigenvalue weighted by atomic mass is 79.9. The summed E-state index contributed by atoms with van der Waals surface area (Å²) in [5.41, 5.74) is -1.39. The number of hydrogen-bond donors (Lipinski definition) is 0. The van der Waals surface area contributed by atoms with Crippen molar-refractivity contribution < 1.29 is 22.3 Å². The molecular formula is C8H5BrF4O. The molecule has 14 heavy (non-hydrogen) atoms. The molecule has 1 rings (SSSR count). The third-order valence-corrected chi connectivity index (χ3v) is 2.17. The molecule has 0 aliphatic carbocycles. The molecule has 1 aromatic carbocycles. The summed E-state index contributed by atoms with van der Waals surface area (Å²) in [5.74, 6) is -1.89. The van der Waals surface area contributed by atoms with E-state index in [0.29, 0.717) is 0 Å². The first-order valence-electron chi connectivity index (χ1n) is 3.47. The summed E-state index contributed by atoms with van der Waals surface area (Å²) in [4.78, 5) is 0. The van der Waals surface area contributed by atoms with Crippen LogP contribution in [-0.2, 0) is 6.18 Å². The number of halogens is 5. The van der Waals surface area contributed by atoms with Gasteiger partial charge in [0.2, 0.25) is 0 Å². The number of methoxy groups -OCH3 is 1. The van der Waals surface area contributed by atoms with E-state index in [4.69, 9.17) is 0 Å². The van der Waals surface area contributed by atoms with Crippen LogP contribution in [0.2, 0.25) is 0 Å². The van der Waals surface area contributed by atoms with Gasteiger partial charge in [-0.1, -0.05) is 0 Å². The zero-order chi connectivity index (χ0) is 10.9. The summed E-state index contributed by atoms with van der Waals surface area (Å²) in [6.45, 7) is 0. The average Bonchev–Trinajstić information content (AvgIpc) is 2.07. The lowest BCUT2D eigenvalue weighted by Gasteiger charge is -2.13. The molecule has 0 radical (unpaired) electrons. The number of alkyl halides is 3. The van der Waals surface area contributed by atoms with Gasteiger partial charge < -0.3 is 4.74 Å². The van der Waals surface area contributed by atoms with Crippen molar-refractivity contribution in [3.05, 3.63) is 28.0 Å². The van der Waals surface area contributed by atoms with Crippen LogP contribution < -0.4 is 4.74 Å². The number of ether oxygens (including phenoxy) is 1. The molecule has 0 bridgehead atoms. The Kier molecular flexibility index (Phi) is 3.04. The Bertz CT molecular complexity index is 348. The predicted octanol–water partition coefficient (Wildman–Crippen LogP) is 3.62. The first-order chi connectivity index (χ1) is 6.38. The molecule has 0 aliphatic rings. The Hall–Kier alpha value is -0.780. The summed E-state index contributed by atoms with van der Waals surface area (Å²) in [5, 5.41) is 0. The van der Waals surface area contributed by atoms with Crippen LogP contribution in [0.1, 0.15) is 5.56 Å². The Morgan fingerprint density at radius 2 is 1.86 bits per heavy atom. The van der Waals surface area contributed by atoms with Gasteiger partial charge in [0.25, 0.3) is 0 Å². The highest BCUT2D eigenvalue weighted by Gasteiger charge is 2.38. The van der Waals surface area contributed by atoms with E-state index in [-0.39, 0.29) is 4.47 Å². The predicted molar refractivity (Wildman–Crippen MR) is 45.7 cm³/mol. The van der Waals surface area contributed by atoms with Crippen LogP contribution in [0.25, 0.3) is 0 Å². The third kappa shape index (κ3) is 2.00. The molecule has 0 saturated heterocycles. The fourth-order valence-corrected chi connectivity index (χ4v) is 1.30. The Balaban J connectivity index is 3.44. The van der Waals surface area contributed by atoms with Crippen molar-refractivity contribution in [1.82, 2.24) is 0 Å². The van der Waals surface area contributed by atoms with Crippen molar-refractivity contribution in [2.75, 3.05) is 7.11 Å². The van der Waals surface area contributed by atoms with E-state index in [2.05, 4.69) is 20.7 Å². The first-order valence-corrected chi connectivity index (χ1v) is 4.26. The molecule has 6 heteroatoms. The third-order valence-electron chi connectivity index (χ3n) is 1.56. The molecule has 0 aromatic heterocycles. The maximum atomic E-state index is 13.1. The molecule has 0 saturated carbocycles. The normalized spacial score (nSPS) is 11.6. The van der Waals surface area contributed by atoms with E-state index < -0.39 is 23.3 Å². The minimum absolute atomic E-state index is 0.245. The summed E-state index contributed by atoms with van der Waals surface area (Å²) in [7, 11) is 1.05. The van der Waals surface area contributed by atoms with Crippen molar-refractivity contribution in [3.63, 3.8) is 0 Å². The number of hydrogen-bond acceptors (Lipinski definition) is 1. The van der Waals surface area contributed by atoms with Gasteiger partial charge in [0.15, 0.2) is 5.82 Å². The van der Waals surface area contributed by atoms with Crippen LogP contribution in [0.5, 0.6) is 5.75 Å². The van der Waals surface area contributed by atoms with Crippen molar-refractivity contribution in [1.29, 1.82) is 0 Å². The molecule has 0 heterocycles. The molecule has 0 unspecified atom stereocenters. The molecule has 0 spiro atoms. The second kappa shape index (κ2) is 3.76. The van der Waals surface area contributed by atoms with Gasteiger partial charge in [-0.25, -0.2) is 4.39 Å². The zero-order valence-corrected chi connectivity index (χ0v) is 8.54. The van der Waals surface area contributed by atoms with Crippen LogP contribution in [0, 0.1) is 5.82 Å². The second-order valence-electron chi connectivity index (χ2n) is 2.44. The van der Waals surface area contributed by atoms with Gasteiger partial charge in [-0.2, -0.15) is 13.2 Å². The molecule has 78 valence electrons. The summed E-state index contributed by atoms with van der Waals surface area (Å²) >= 11 is 2.67. The largest absolute Gasteiger partial charge is 0.496 e. The molecule has 0 fully saturated rings. The monoisotopic (exact) mass is 272 g/mol. The smallest absolute Gasteiger partial charge is 0.422 e. The van der Waals surface area contributed by atoms with Gasteiger partial charge in [0.05, 0.1) is 11.6 Å². The number of benzene rings is 1. The van der Waals surface area contributed by atoms with E-state index in [0.717, 1.165) is 19.2 Å². The fraction of sp³-hybridized carbons (Fsp3) is 0.250. The molecule has 1 nitrogen and oxygen atoms in total. The molecule has 1 aromatic rings. The highest BCUT2D eigenvalue weighted by molar-refractivity contribution is 9.10. The van der Waals surface area contributed by atoms with Gasteiger partial charge in [0, 0.05) is 0 Å². The van der Waals surface area contributed by atoms with Crippen LogP contribution in [-0.4, -0.2) is 7.11 Å². The zero-order valence-electron chi connectivity index (χ0n) is 6.95. The minimum Gasteiger partial charge on any atom is -0.496 e. The quantitative estimate of drug-likeness (QED) is 0.710. The standard InChI is InChI=1S/C8H5BrF4O/c1-14-5-3-2-4(9)7(10)6(5)8(11,12)13/h2-3H,1H3. The minimum atomic E-state index is -4.76. The van der Waals surface area contributed by atoms with Crippen LogP contribution >= 0.6 is 15.9 Å². The highest BCUT2D eigenvalue weighted by Crippen LogP contribution is 2.40. The van der Waals surface area contributed by atoms with Crippen LogP contribution in [0.3, 0.4) is 0 Å². The summed E-state index contributed by atoms with van der Waals surface area (Å²) in [6, 6.07) is 2.21. The van der Waals surface area contributed by atoms with Crippen molar-refractivity contribution in [2.24, 2.45) is 0 Å². The fourth-order valence-electron chi connectivity index (χ4n) is 0.967.